The van der Waals surface area contributed by atoms with Crippen LogP contribution >= 0.6 is 8.53 Å². The van der Waals surface area contributed by atoms with Crippen molar-refractivity contribution < 1.29 is 32.8 Å². The van der Waals surface area contributed by atoms with E-state index in [2.05, 4.69) is 87.6 Å². The lowest BCUT2D eigenvalue weighted by Gasteiger charge is -2.44. The minimum absolute atomic E-state index is 0.00914. The van der Waals surface area contributed by atoms with Crippen LogP contribution in [-0.4, -0.2) is 120 Å². The SMILES string of the molecule is CCCOP(O[C@H]1C(OCCCCCCNC(=O)CCCCO[C@@H]2C[C@H](CC)[C@H](C)[C@H](C)[C@H]2NC(C)=O)[C@@H](CC)O[C@H]1n1ccc(N=CN(C)C)nc1=O)N(C(C)C)C(C)C. The minimum Gasteiger partial charge on any atom is -0.376 e. The second kappa shape index (κ2) is 27.6. The van der Waals surface area contributed by atoms with E-state index in [1.807, 2.05) is 14.1 Å². The Balaban J connectivity index is 1.51. The van der Waals surface area contributed by atoms with Gasteiger partial charge < -0.3 is 38.8 Å². The molecule has 350 valence electrons. The molecule has 2 N–H and O–H groups in total. The van der Waals surface area contributed by atoms with Gasteiger partial charge in [-0.2, -0.15) is 4.98 Å². The molecule has 3 rings (SSSR count). The Morgan fingerprint density at radius 1 is 0.967 bits per heavy atom. The maximum Gasteiger partial charge on any atom is 0.351 e. The highest BCUT2D eigenvalue weighted by molar-refractivity contribution is 7.44. The summed E-state index contributed by atoms with van der Waals surface area (Å²) in [5.41, 5.74) is -0.478. The van der Waals surface area contributed by atoms with Gasteiger partial charge in [0.2, 0.25) is 11.8 Å². The topological polar surface area (TPSA) is 158 Å². The summed E-state index contributed by atoms with van der Waals surface area (Å²) in [5, 5.41) is 6.23. The molecule has 0 radical (unpaired) electrons. The Kier molecular flexibility index (Phi) is 23.9. The highest BCUT2D eigenvalue weighted by Crippen LogP contribution is 2.51. The highest BCUT2D eigenvalue weighted by Gasteiger charge is 2.49. The van der Waals surface area contributed by atoms with Gasteiger partial charge in [0, 0.05) is 65.5 Å². The first-order valence-corrected chi connectivity index (χ1v) is 24.4. The van der Waals surface area contributed by atoms with E-state index in [4.69, 9.17) is 23.3 Å². The first-order valence-electron chi connectivity index (χ1n) is 23.2. The van der Waals surface area contributed by atoms with Crippen molar-refractivity contribution in [2.75, 3.05) is 40.5 Å². The number of carbonyl (C=O) groups excluding carboxylic acids is 2. The molecule has 0 aromatic carbocycles. The molecule has 2 heterocycles. The van der Waals surface area contributed by atoms with Crippen molar-refractivity contribution in [2.45, 2.75) is 189 Å². The molecule has 16 heteroatoms. The molecule has 2 unspecified atom stereocenters. The number of unbranched alkanes of at least 4 members (excludes halogenated alkanes) is 4. The van der Waals surface area contributed by atoms with Gasteiger partial charge in [-0.1, -0.05) is 53.9 Å². The van der Waals surface area contributed by atoms with Crippen LogP contribution in [0.15, 0.2) is 22.1 Å². The second-order valence-electron chi connectivity index (χ2n) is 17.7. The monoisotopic (exact) mass is 880 g/mol. The molecule has 1 saturated heterocycles. The smallest absolute Gasteiger partial charge is 0.351 e. The van der Waals surface area contributed by atoms with Crippen LogP contribution in [0.2, 0.25) is 0 Å². The van der Waals surface area contributed by atoms with E-state index in [1.54, 1.807) is 30.4 Å². The summed E-state index contributed by atoms with van der Waals surface area (Å²) in [7, 11) is 2.20. The fourth-order valence-electron chi connectivity index (χ4n) is 8.48. The van der Waals surface area contributed by atoms with Gasteiger partial charge >= 0.3 is 5.69 Å². The molecule has 1 aromatic heterocycles. The molecule has 2 aliphatic rings. The Bertz CT molecular complexity index is 1510. The number of ether oxygens (including phenoxy) is 3. The van der Waals surface area contributed by atoms with Crippen LogP contribution < -0.4 is 16.3 Å². The molecule has 2 amide bonds. The molecule has 15 nitrogen and oxygen atoms in total. The number of hydrogen-bond acceptors (Lipinski definition) is 11. The van der Waals surface area contributed by atoms with Crippen LogP contribution in [0.5, 0.6) is 0 Å². The largest absolute Gasteiger partial charge is 0.376 e. The van der Waals surface area contributed by atoms with Gasteiger partial charge in [0.15, 0.2) is 12.0 Å². The van der Waals surface area contributed by atoms with E-state index >= 15 is 0 Å². The third-order valence-corrected chi connectivity index (χ3v) is 14.0. The molecule has 61 heavy (non-hydrogen) atoms. The Hall–Kier alpha value is -2.52. The van der Waals surface area contributed by atoms with Crippen molar-refractivity contribution in [3.63, 3.8) is 0 Å². The Morgan fingerprint density at radius 2 is 1.66 bits per heavy atom. The molecule has 10 atom stereocenters. The van der Waals surface area contributed by atoms with Crippen molar-refractivity contribution >= 4 is 32.5 Å². The quantitative estimate of drug-likeness (QED) is 0.0367. The number of hydrogen-bond donors (Lipinski definition) is 2. The van der Waals surface area contributed by atoms with Gasteiger partial charge in [0.25, 0.3) is 8.53 Å². The first-order chi connectivity index (χ1) is 29.1. The molecule has 2 fully saturated rings. The number of aliphatic imine (C=N–C) groups is 1. The van der Waals surface area contributed by atoms with Crippen LogP contribution in [0, 0.1) is 17.8 Å². The Labute approximate surface area is 368 Å². The Morgan fingerprint density at radius 3 is 2.28 bits per heavy atom. The van der Waals surface area contributed by atoms with E-state index in [0.717, 1.165) is 57.8 Å². The third kappa shape index (κ3) is 16.8. The first kappa shape index (κ1) is 52.8. The zero-order chi connectivity index (χ0) is 45.1. The van der Waals surface area contributed by atoms with Crippen molar-refractivity contribution in [2.24, 2.45) is 22.7 Å². The summed E-state index contributed by atoms with van der Waals surface area (Å²) in [6, 6.07) is 2.04. The zero-order valence-corrected chi connectivity index (χ0v) is 40.5. The number of aromatic nitrogens is 2. The van der Waals surface area contributed by atoms with E-state index in [-0.39, 0.29) is 42.1 Å². The van der Waals surface area contributed by atoms with Gasteiger partial charge in [0.05, 0.1) is 31.2 Å². The lowest BCUT2D eigenvalue weighted by molar-refractivity contribution is -0.124. The van der Waals surface area contributed by atoms with E-state index in [0.29, 0.717) is 62.8 Å². The average molecular weight is 880 g/mol. The summed E-state index contributed by atoms with van der Waals surface area (Å²) >= 11 is 0. The summed E-state index contributed by atoms with van der Waals surface area (Å²) < 4.78 is 36.6. The number of carbonyl (C=O) groups is 2. The van der Waals surface area contributed by atoms with E-state index in [9.17, 15) is 14.4 Å². The number of amides is 2. The van der Waals surface area contributed by atoms with Crippen LogP contribution in [0.4, 0.5) is 5.82 Å². The molecule has 1 aliphatic heterocycles. The van der Waals surface area contributed by atoms with Gasteiger partial charge in [-0.25, -0.2) is 14.5 Å². The summed E-state index contributed by atoms with van der Waals surface area (Å²) in [6.07, 6.45) is 10.4. The van der Waals surface area contributed by atoms with E-state index < -0.39 is 32.7 Å². The minimum atomic E-state index is -1.51. The fraction of sp³-hybridized carbons (Fsp3) is 0.844. The molecule has 0 bridgehead atoms. The highest BCUT2D eigenvalue weighted by atomic mass is 31.2. The lowest BCUT2D eigenvalue weighted by atomic mass is 9.69. The fourth-order valence-corrected chi connectivity index (χ4v) is 10.3. The van der Waals surface area contributed by atoms with Crippen LogP contribution in [0.25, 0.3) is 0 Å². The standard InChI is InChI=1S/C45H82N7O8P/c1-13-26-58-61(52(31(4)5)32(6)7)60-43-42(37(15-3)59-44(43)51-25-23-39(49-45(51)55)47-30-50(11)12)57-28-20-17-16-19-24-46-40(54)22-18-21-27-56-38-29-36(14-2)33(8)34(9)41(38)48-35(10)53/h23,25,30-34,36-38,41-44H,13-22,24,26-29H2,1-12H3,(H,46,54)(H,48,53)/t33-,34+,36+,37-,38-,41-,42?,43+,44-,61?/m1/s1. The van der Waals surface area contributed by atoms with Crippen molar-refractivity contribution in [1.29, 1.82) is 0 Å². The maximum absolute atomic E-state index is 13.5. The number of rotatable bonds is 28. The van der Waals surface area contributed by atoms with Gasteiger partial charge in [0.1, 0.15) is 12.2 Å². The lowest BCUT2D eigenvalue weighted by Crippen LogP contribution is -2.54. The normalized spacial score (nSPS) is 26.1. The molecular formula is C45H82N7O8P. The number of nitrogens with one attached hydrogen (secondary N) is 2. The molecule has 1 aromatic rings. The predicted molar refractivity (Wildman–Crippen MR) is 244 cm³/mol. The van der Waals surface area contributed by atoms with Crippen LogP contribution in [-0.2, 0) is 32.8 Å². The summed E-state index contributed by atoms with van der Waals surface area (Å²) in [6.45, 7) is 23.3. The van der Waals surface area contributed by atoms with Crippen molar-refractivity contribution in [1.82, 2.24) is 29.8 Å². The summed E-state index contributed by atoms with van der Waals surface area (Å²) in [5.74, 6) is 1.84. The molecule has 1 saturated carbocycles. The summed E-state index contributed by atoms with van der Waals surface area (Å²) in [4.78, 5) is 48.3. The zero-order valence-electron chi connectivity index (χ0n) is 39.6. The van der Waals surface area contributed by atoms with E-state index in [1.165, 1.54) is 4.57 Å². The van der Waals surface area contributed by atoms with Crippen molar-refractivity contribution in [3.05, 3.63) is 22.7 Å². The van der Waals surface area contributed by atoms with Crippen LogP contribution in [0.1, 0.15) is 146 Å². The number of nitrogens with zero attached hydrogens (tertiary/aromatic N) is 5. The van der Waals surface area contributed by atoms with Gasteiger partial charge in [-0.05, 0) is 96.5 Å². The predicted octanol–water partition coefficient (Wildman–Crippen LogP) is 7.75. The maximum atomic E-state index is 13.5. The molecule has 0 spiro atoms. The molecule has 1 aliphatic carbocycles. The molecular weight excluding hydrogens is 798 g/mol. The average Bonchev–Trinajstić information content (AvgIpc) is 3.55. The van der Waals surface area contributed by atoms with Crippen molar-refractivity contribution in [3.8, 4) is 0 Å². The third-order valence-electron chi connectivity index (χ3n) is 11.9. The van der Waals surface area contributed by atoms with Gasteiger partial charge in [-0.15, -0.1) is 0 Å². The second-order valence-corrected chi connectivity index (χ2v) is 19.1. The van der Waals surface area contributed by atoms with Crippen LogP contribution in [0.3, 0.4) is 0 Å². The van der Waals surface area contributed by atoms with Gasteiger partial charge in [-0.3, -0.25) is 14.2 Å².